The number of amides is 1. The van der Waals surface area contributed by atoms with Crippen molar-refractivity contribution in [3.63, 3.8) is 0 Å². The average molecular weight is 655 g/mol. The fraction of sp³-hybridized carbons (Fsp3) is 0.321. The van der Waals surface area contributed by atoms with Crippen LogP contribution >= 0.6 is 23.1 Å². The molecule has 1 fully saturated rings. The lowest BCUT2D eigenvalue weighted by Crippen LogP contribution is -2.47. The van der Waals surface area contributed by atoms with Crippen LogP contribution in [0.4, 0.5) is 28.8 Å². The molecule has 3 heterocycles. The van der Waals surface area contributed by atoms with Crippen LogP contribution in [0.2, 0.25) is 0 Å². The number of rotatable bonds is 9. The normalized spacial score (nSPS) is 14.5. The Labute approximate surface area is 252 Å². The molecule has 0 spiro atoms. The molecule has 1 saturated heterocycles. The number of nitrogens with zero attached hydrogens (tertiary/aromatic N) is 6. The van der Waals surface area contributed by atoms with Crippen LogP contribution in [0.1, 0.15) is 0 Å². The monoisotopic (exact) mass is 653 g/mol. The minimum Gasteiger partial charge on any atom is -0.495 e. The molecule has 14 heteroatoms. The van der Waals surface area contributed by atoms with Gasteiger partial charge in [0.15, 0.2) is 0 Å². The highest BCUT2D eigenvalue weighted by Crippen LogP contribution is 2.41. The molecule has 1 aliphatic rings. The Kier molecular flexibility index (Phi) is 9.02. The molecule has 0 atom stereocenters. The van der Waals surface area contributed by atoms with Crippen molar-refractivity contribution in [3.05, 3.63) is 53.4 Å². The molecule has 1 aliphatic heterocycles. The van der Waals surface area contributed by atoms with E-state index in [9.17, 15) is 9.36 Å². The molecule has 3 N–H and O–H groups in total. The van der Waals surface area contributed by atoms with Crippen molar-refractivity contribution in [2.75, 3.05) is 76.2 Å². The van der Waals surface area contributed by atoms with Gasteiger partial charge in [0.25, 0.3) is 0 Å². The first kappa shape index (κ1) is 29.8. The first-order chi connectivity index (χ1) is 20.1. The summed E-state index contributed by atoms with van der Waals surface area (Å²) in [6.45, 7) is 7.34. The zero-order chi connectivity index (χ0) is 29.9. The fourth-order valence-electron chi connectivity index (χ4n) is 4.72. The molecule has 2 aromatic carbocycles. The molecular formula is C28H33BrN9O3P. The van der Waals surface area contributed by atoms with Crippen LogP contribution in [0.15, 0.2) is 53.4 Å². The average Bonchev–Trinajstić information content (AvgIpc) is 2.95. The van der Waals surface area contributed by atoms with Gasteiger partial charge in [0.1, 0.15) is 24.2 Å². The molecule has 5 rings (SSSR count). The van der Waals surface area contributed by atoms with Crippen LogP contribution in [-0.2, 0) is 9.36 Å². The summed E-state index contributed by atoms with van der Waals surface area (Å²) in [5, 5.41) is 10.1. The number of piperazine rings is 1. The standard InChI is InChI=1S/C28H33BrN9O3P/c1-37-11-13-38(14-12-37)17-24(39)33-18-5-8-23(41-2)22(15-18)35-28-32-16-19(29)27(36-28)34-21-7-6-20-25(31-10-9-30-20)26(21)42(3,4)40/h5-10,15-16H,11-14,17H2,1-4H3,(H,33,39)(H2,32,34,35,36). The van der Waals surface area contributed by atoms with Gasteiger partial charge in [0.05, 0.1) is 40.3 Å². The molecule has 0 bridgehead atoms. The molecule has 0 unspecified atom stereocenters. The highest BCUT2D eigenvalue weighted by molar-refractivity contribution is 9.10. The number of aromatic nitrogens is 4. The number of methoxy groups -OCH3 is 1. The van der Waals surface area contributed by atoms with Crippen molar-refractivity contribution in [3.8, 4) is 5.75 Å². The Hall–Kier alpha value is -3.64. The quantitative estimate of drug-likeness (QED) is 0.225. The first-order valence-electron chi connectivity index (χ1n) is 13.4. The number of hydrogen-bond acceptors (Lipinski definition) is 11. The summed E-state index contributed by atoms with van der Waals surface area (Å²) in [6, 6.07) is 8.99. The van der Waals surface area contributed by atoms with E-state index in [1.807, 2.05) is 12.1 Å². The predicted octanol–water partition coefficient (Wildman–Crippen LogP) is 4.11. The summed E-state index contributed by atoms with van der Waals surface area (Å²) >= 11 is 3.52. The number of likely N-dealkylation sites (N-methyl/N-ethyl adjacent to an activating group) is 1. The van der Waals surface area contributed by atoms with Crippen LogP contribution in [0.25, 0.3) is 11.0 Å². The van der Waals surface area contributed by atoms with Crippen molar-refractivity contribution < 1.29 is 14.1 Å². The third kappa shape index (κ3) is 7.04. The minimum absolute atomic E-state index is 0.0814. The topological polar surface area (TPSA) is 138 Å². The van der Waals surface area contributed by atoms with Gasteiger partial charge >= 0.3 is 0 Å². The fourth-order valence-corrected chi connectivity index (χ4v) is 6.41. The molecule has 42 heavy (non-hydrogen) atoms. The number of fused-ring (bicyclic) bond motifs is 1. The van der Waals surface area contributed by atoms with E-state index < -0.39 is 7.14 Å². The van der Waals surface area contributed by atoms with Crippen LogP contribution in [-0.4, -0.2) is 95.9 Å². The predicted molar refractivity (Wildman–Crippen MR) is 170 cm³/mol. The third-order valence-electron chi connectivity index (χ3n) is 6.84. The summed E-state index contributed by atoms with van der Waals surface area (Å²) < 4.78 is 19.5. The number of nitrogens with one attached hydrogen (secondary N) is 3. The summed E-state index contributed by atoms with van der Waals surface area (Å²) in [4.78, 5) is 35.0. The lowest BCUT2D eigenvalue weighted by Gasteiger charge is -2.31. The maximum atomic E-state index is 13.3. The van der Waals surface area contributed by atoms with E-state index in [1.54, 1.807) is 57.2 Å². The van der Waals surface area contributed by atoms with Crippen molar-refractivity contribution in [1.82, 2.24) is 29.7 Å². The Morgan fingerprint density at radius 1 is 1.02 bits per heavy atom. The molecule has 220 valence electrons. The number of carbonyl (C=O) groups excluding carboxylic acids is 1. The summed E-state index contributed by atoms with van der Waals surface area (Å²) in [5.74, 6) is 1.22. The number of anilines is 5. The molecule has 2 aromatic heterocycles. The van der Waals surface area contributed by atoms with Crippen LogP contribution < -0.4 is 26.0 Å². The number of benzene rings is 2. The highest BCUT2D eigenvalue weighted by atomic mass is 79.9. The largest absolute Gasteiger partial charge is 0.495 e. The van der Waals surface area contributed by atoms with E-state index in [0.29, 0.717) is 61.9 Å². The van der Waals surface area contributed by atoms with Gasteiger partial charge in [0, 0.05) is 50.5 Å². The lowest BCUT2D eigenvalue weighted by molar-refractivity contribution is -0.117. The van der Waals surface area contributed by atoms with E-state index in [1.165, 1.54) is 0 Å². The Bertz CT molecular complexity index is 1660. The van der Waals surface area contributed by atoms with E-state index in [2.05, 4.69) is 68.7 Å². The molecule has 0 saturated carbocycles. The van der Waals surface area contributed by atoms with Gasteiger partial charge in [-0.15, -0.1) is 0 Å². The zero-order valence-corrected chi connectivity index (χ0v) is 26.4. The Morgan fingerprint density at radius 2 is 1.79 bits per heavy atom. The first-order valence-corrected chi connectivity index (χ1v) is 16.7. The number of halogens is 1. The zero-order valence-electron chi connectivity index (χ0n) is 23.9. The van der Waals surface area contributed by atoms with Gasteiger partial charge in [-0.3, -0.25) is 19.7 Å². The molecule has 0 radical (unpaired) electrons. The van der Waals surface area contributed by atoms with Gasteiger partial charge < -0.3 is 30.2 Å². The maximum Gasteiger partial charge on any atom is 0.238 e. The van der Waals surface area contributed by atoms with Crippen LogP contribution in [0.5, 0.6) is 5.75 Å². The molecule has 1 amide bonds. The van der Waals surface area contributed by atoms with Crippen molar-refractivity contribution in [1.29, 1.82) is 0 Å². The van der Waals surface area contributed by atoms with Gasteiger partial charge in [-0.1, -0.05) is 0 Å². The van der Waals surface area contributed by atoms with Gasteiger partial charge in [-0.05, 0) is 66.6 Å². The van der Waals surface area contributed by atoms with Gasteiger partial charge in [-0.2, -0.15) is 4.98 Å². The molecule has 0 aliphatic carbocycles. The SMILES string of the molecule is COc1ccc(NC(=O)CN2CCN(C)CC2)cc1Nc1ncc(Br)c(Nc2ccc3nccnc3c2P(C)(C)=O)n1. The minimum atomic E-state index is -2.76. The summed E-state index contributed by atoms with van der Waals surface area (Å²) in [6.07, 6.45) is 4.81. The van der Waals surface area contributed by atoms with E-state index in [-0.39, 0.29) is 5.91 Å². The lowest BCUT2D eigenvalue weighted by atomic mass is 10.2. The van der Waals surface area contributed by atoms with Crippen molar-refractivity contribution >= 4 is 74.1 Å². The van der Waals surface area contributed by atoms with Gasteiger partial charge in [0.2, 0.25) is 11.9 Å². The number of hydrogen-bond donors (Lipinski definition) is 3. The van der Waals surface area contributed by atoms with E-state index in [0.717, 1.165) is 26.2 Å². The van der Waals surface area contributed by atoms with Crippen molar-refractivity contribution in [2.45, 2.75) is 0 Å². The Morgan fingerprint density at radius 3 is 2.52 bits per heavy atom. The second-order valence-corrected chi connectivity index (χ2v) is 14.4. The van der Waals surface area contributed by atoms with E-state index in [4.69, 9.17) is 4.74 Å². The third-order valence-corrected chi connectivity index (χ3v) is 8.95. The molecular weight excluding hydrogens is 621 g/mol. The maximum absolute atomic E-state index is 13.3. The summed E-state index contributed by atoms with van der Waals surface area (Å²) in [7, 11) is 0.896. The molecule has 12 nitrogen and oxygen atoms in total. The second kappa shape index (κ2) is 12.7. The van der Waals surface area contributed by atoms with Crippen LogP contribution in [0.3, 0.4) is 0 Å². The van der Waals surface area contributed by atoms with E-state index >= 15 is 0 Å². The van der Waals surface area contributed by atoms with Crippen molar-refractivity contribution in [2.24, 2.45) is 0 Å². The second-order valence-electron chi connectivity index (χ2n) is 10.4. The van der Waals surface area contributed by atoms with Gasteiger partial charge in [-0.25, -0.2) is 4.98 Å². The number of ether oxygens (including phenoxy) is 1. The Balaban J connectivity index is 1.37. The smallest absolute Gasteiger partial charge is 0.238 e. The number of carbonyl (C=O) groups is 1. The summed E-state index contributed by atoms with van der Waals surface area (Å²) in [5.41, 5.74) is 3.06. The highest BCUT2D eigenvalue weighted by Gasteiger charge is 2.23. The molecule has 4 aromatic rings. The van der Waals surface area contributed by atoms with Crippen LogP contribution in [0, 0.1) is 0 Å².